The molecule has 3 aromatic rings. The first-order valence-corrected chi connectivity index (χ1v) is 9.72. The SMILES string of the molecule is COc1ccc(CCn2c(C)c(C(N)=O)c(-c3ccccc3Cl)c2C)cc1OC. The maximum absolute atomic E-state index is 12.3. The average Bonchev–Trinajstić information content (AvgIpc) is 2.96. The highest BCUT2D eigenvalue weighted by Gasteiger charge is 2.23. The summed E-state index contributed by atoms with van der Waals surface area (Å²) in [5, 5.41) is 0.593. The monoisotopic (exact) mass is 412 g/mol. The zero-order chi connectivity index (χ0) is 21.1. The van der Waals surface area contributed by atoms with Crippen LogP contribution in [0.2, 0.25) is 5.02 Å². The van der Waals surface area contributed by atoms with E-state index in [1.165, 1.54) is 0 Å². The normalized spacial score (nSPS) is 10.8. The van der Waals surface area contributed by atoms with Gasteiger partial charge in [0.25, 0.3) is 5.91 Å². The third-order valence-corrected chi connectivity index (χ3v) is 5.57. The van der Waals surface area contributed by atoms with Gasteiger partial charge in [-0.05, 0) is 44.0 Å². The molecule has 1 heterocycles. The molecule has 0 atom stereocenters. The highest BCUT2D eigenvalue weighted by molar-refractivity contribution is 6.33. The molecule has 6 heteroatoms. The zero-order valence-corrected chi connectivity index (χ0v) is 17.8. The molecule has 0 aliphatic heterocycles. The number of hydrogen-bond acceptors (Lipinski definition) is 3. The van der Waals surface area contributed by atoms with Crippen molar-refractivity contribution in [1.82, 2.24) is 4.57 Å². The number of halogens is 1. The van der Waals surface area contributed by atoms with Gasteiger partial charge in [0.05, 0.1) is 19.8 Å². The number of primary amides is 1. The maximum atomic E-state index is 12.3. The molecule has 0 saturated heterocycles. The van der Waals surface area contributed by atoms with Crippen LogP contribution in [-0.4, -0.2) is 24.7 Å². The number of carbonyl (C=O) groups excluding carboxylic acids is 1. The van der Waals surface area contributed by atoms with Crippen LogP contribution in [0.25, 0.3) is 11.1 Å². The summed E-state index contributed by atoms with van der Waals surface area (Å²) in [5.41, 5.74) is 10.8. The average molecular weight is 413 g/mol. The molecular formula is C23H25ClN2O3. The maximum Gasteiger partial charge on any atom is 0.251 e. The summed E-state index contributed by atoms with van der Waals surface area (Å²) < 4.78 is 12.8. The number of rotatable bonds is 7. The number of methoxy groups -OCH3 is 2. The predicted octanol–water partition coefficient (Wildman–Crippen LogP) is 4.78. The van der Waals surface area contributed by atoms with E-state index in [4.69, 9.17) is 26.8 Å². The number of nitrogens with zero attached hydrogens (tertiary/aromatic N) is 1. The first kappa shape index (κ1) is 20.8. The molecule has 2 N–H and O–H groups in total. The smallest absolute Gasteiger partial charge is 0.251 e. The van der Waals surface area contributed by atoms with Gasteiger partial charge in [-0.15, -0.1) is 0 Å². The summed E-state index contributed by atoms with van der Waals surface area (Å²) >= 11 is 6.42. The second-order valence-corrected chi connectivity index (χ2v) is 7.26. The Labute approximate surface area is 176 Å². The number of ether oxygens (including phenoxy) is 2. The number of amides is 1. The Hall–Kier alpha value is -2.92. The van der Waals surface area contributed by atoms with Crippen molar-refractivity contribution in [2.45, 2.75) is 26.8 Å². The number of nitrogens with two attached hydrogens (primary N) is 1. The second-order valence-electron chi connectivity index (χ2n) is 6.86. The van der Waals surface area contributed by atoms with Crippen molar-refractivity contribution in [2.24, 2.45) is 5.73 Å². The van der Waals surface area contributed by atoms with Crippen molar-refractivity contribution < 1.29 is 14.3 Å². The quantitative estimate of drug-likeness (QED) is 0.607. The first-order chi connectivity index (χ1) is 13.9. The highest BCUT2D eigenvalue weighted by Crippen LogP contribution is 2.36. The molecular weight excluding hydrogens is 388 g/mol. The van der Waals surface area contributed by atoms with Gasteiger partial charge in [-0.25, -0.2) is 0 Å². The summed E-state index contributed by atoms with van der Waals surface area (Å²) in [5.74, 6) is 0.938. The van der Waals surface area contributed by atoms with Crippen molar-refractivity contribution in [2.75, 3.05) is 14.2 Å². The van der Waals surface area contributed by atoms with Crippen molar-refractivity contribution >= 4 is 17.5 Å². The van der Waals surface area contributed by atoms with Gasteiger partial charge in [0.1, 0.15) is 0 Å². The zero-order valence-electron chi connectivity index (χ0n) is 17.1. The van der Waals surface area contributed by atoms with Crippen LogP contribution in [0.4, 0.5) is 0 Å². The molecule has 29 heavy (non-hydrogen) atoms. The van der Waals surface area contributed by atoms with Crippen molar-refractivity contribution in [3.63, 3.8) is 0 Å². The molecule has 0 aliphatic rings. The Morgan fingerprint density at radius 1 is 1.03 bits per heavy atom. The van der Waals surface area contributed by atoms with Crippen LogP contribution in [0.15, 0.2) is 42.5 Å². The van der Waals surface area contributed by atoms with Gasteiger partial charge < -0.3 is 19.8 Å². The number of carbonyl (C=O) groups is 1. The molecule has 0 aliphatic carbocycles. The van der Waals surface area contributed by atoms with Gasteiger partial charge in [-0.2, -0.15) is 0 Å². The van der Waals surface area contributed by atoms with Crippen molar-refractivity contribution in [3.05, 3.63) is 70.0 Å². The van der Waals surface area contributed by atoms with Gasteiger partial charge in [0, 0.05) is 34.1 Å². The van der Waals surface area contributed by atoms with Crippen LogP contribution >= 0.6 is 11.6 Å². The van der Waals surface area contributed by atoms with E-state index in [1.54, 1.807) is 14.2 Å². The van der Waals surface area contributed by atoms with Gasteiger partial charge in [-0.3, -0.25) is 4.79 Å². The molecule has 0 spiro atoms. The molecule has 1 amide bonds. The Morgan fingerprint density at radius 3 is 2.34 bits per heavy atom. The third kappa shape index (κ3) is 3.96. The molecule has 0 radical (unpaired) electrons. The molecule has 2 aromatic carbocycles. The largest absolute Gasteiger partial charge is 0.493 e. The third-order valence-electron chi connectivity index (χ3n) is 5.24. The van der Waals surface area contributed by atoms with E-state index in [0.717, 1.165) is 34.5 Å². The molecule has 3 rings (SSSR count). The molecule has 0 unspecified atom stereocenters. The van der Waals surface area contributed by atoms with Gasteiger partial charge in [0.2, 0.25) is 0 Å². The number of aryl methyl sites for hydroxylation is 1. The fourth-order valence-electron chi connectivity index (χ4n) is 3.79. The number of hydrogen-bond donors (Lipinski definition) is 1. The minimum absolute atomic E-state index is 0.453. The topological polar surface area (TPSA) is 66.5 Å². The second kappa shape index (κ2) is 8.62. The summed E-state index contributed by atoms with van der Waals surface area (Å²) in [7, 11) is 3.24. The lowest BCUT2D eigenvalue weighted by molar-refractivity contribution is 0.1000. The Balaban J connectivity index is 2.00. The van der Waals surface area contributed by atoms with E-state index in [1.807, 2.05) is 56.3 Å². The Kier molecular flexibility index (Phi) is 6.18. The van der Waals surface area contributed by atoms with E-state index in [0.29, 0.717) is 28.6 Å². The molecule has 0 fully saturated rings. The van der Waals surface area contributed by atoms with Crippen LogP contribution in [-0.2, 0) is 13.0 Å². The lowest BCUT2D eigenvalue weighted by atomic mass is 10.00. The summed E-state index contributed by atoms with van der Waals surface area (Å²) in [4.78, 5) is 12.3. The summed E-state index contributed by atoms with van der Waals surface area (Å²) in [6, 6.07) is 13.4. The molecule has 0 bridgehead atoms. The van der Waals surface area contributed by atoms with E-state index >= 15 is 0 Å². The molecule has 0 saturated carbocycles. The van der Waals surface area contributed by atoms with Gasteiger partial charge >= 0.3 is 0 Å². The molecule has 1 aromatic heterocycles. The fourth-order valence-corrected chi connectivity index (χ4v) is 4.02. The fraction of sp³-hybridized carbons (Fsp3) is 0.261. The summed E-state index contributed by atoms with van der Waals surface area (Å²) in [6.07, 6.45) is 0.761. The van der Waals surface area contributed by atoms with Crippen LogP contribution < -0.4 is 15.2 Å². The minimum Gasteiger partial charge on any atom is -0.493 e. The predicted molar refractivity (Wildman–Crippen MR) is 116 cm³/mol. The molecule has 5 nitrogen and oxygen atoms in total. The Morgan fingerprint density at radius 2 is 1.72 bits per heavy atom. The van der Waals surface area contributed by atoms with E-state index in [-0.39, 0.29) is 0 Å². The first-order valence-electron chi connectivity index (χ1n) is 9.34. The lowest BCUT2D eigenvalue weighted by Crippen LogP contribution is -2.14. The lowest BCUT2D eigenvalue weighted by Gasteiger charge is -2.12. The van der Waals surface area contributed by atoms with E-state index < -0.39 is 5.91 Å². The van der Waals surface area contributed by atoms with Crippen LogP contribution in [0.5, 0.6) is 11.5 Å². The van der Waals surface area contributed by atoms with Crippen molar-refractivity contribution in [3.8, 4) is 22.6 Å². The Bertz CT molecular complexity index is 1060. The standard InChI is InChI=1S/C23H25ClN2O3/c1-14-21(17-7-5-6-8-18(17)24)22(23(25)27)15(2)26(14)12-11-16-9-10-19(28-3)20(13-16)29-4/h5-10,13H,11-12H2,1-4H3,(H2,25,27). The highest BCUT2D eigenvalue weighted by atomic mass is 35.5. The van der Waals surface area contributed by atoms with E-state index in [2.05, 4.69) is 4.57 Å². The van der Waals surface area contributed by atoms with Crippen LogP contribution in [0.3, 0.4) is 0 Å². The van der Waals surface area contributed by atoms with E-state index in [9.17, 15) is 4.79 Å². The van der Waals surface area contributed by atoms with Crippen LogP contribution in [0.1, 0.15) is 27.3 Å². The minimum atomic E-state index is -0.453. The van der Waals surface area contributed by atoms with Crippen molar-refractivity contribution in [1.29, 1.82) is 0 Å². The summed E-state index contributed by atoms with van der Waals surface area (Å²) in [6.45, 7) is 4.60. The number of benzene rings is 2. The van der Waals surface area contributed by atoms with Gasteiger partial charge in [-0.1, -0.05) is 35.9 Å². The molecule has 152 valence electrons. The van der Waals surface area contributed by atoms with Gasteiger partial charge in [0.15, 0.2) is 11.5 Å². The van der Waals surface area contributed by atoms with Crippen LogP contribution in [0, 0.1) is 13.8 Å². The number of aromatic nitrogens is 1.